The first kappa shape index (κ1) is 14.2. The van der Waals surface area contributed by atoms with Crippen molar-refractivity contribution in [2.45, 2.75) is 12.8 Å². The fourth-order valence-corrected chi connectivity index (χ4v) is 1.46. The maximum absolute atomic E-state index is 12.8. The van der Waals surface area contributed by atoms with Crippen molar-refractivity contribution in [1.82, 2.24) is 0 Å². The maximum Gasteiger partial charge on any atom is 0.417 e. The number of alkyl halides is 3. The second-order valence-electron chi connectivity index (χ2n) is 3.36. The van der Waals surface area contributed by atoms with Gasteiger partial charge < -0.3 is 9.47 Å². The average molecular weight is 265 g/mol. The predicted octanol–water partition coefficient (Wildman–Crippen LogP) is 2.77. The highest BCUT2D eigenvalue weighted by atomic mass is 19.4. The minimum Gasteiger partial charge on any atom is -0.496 e. The molecule has 0 bridgehead atoms. The van der Waals surface area contributed by atoms with E-state index in [-0.39, 0.29) is 17.9 Å². The Morgan fingerprint density at radius 3 is 2.33 bits per heavy atom. The molecule has 0 unspecified atom stereocenters. The van der Waals surface area contributed by atoms with Crippen molar-refractivity contribution in [2.75, 3.05) is 14.2 Å². The molecule has 0 aliphatic carbocycles. The van der Waals surface area contributed by atoms with Gasteiger partial charge >= 0.3 is 6.18 Å². The topological polar surface area (TPSA) is 61.6 Å². The van der Waals surface area contributed by atoms with Crippen molar-refractivity contribution < 1.29 is 27.6 Å². The van der Waals surface area contributed by atoms with E-state index >= 15 is 0 Å². The van der Waals surface area contributed by atoms with Gasteiger partial charge in [-0.05, 0) is 0 Å². The van der Waals surface area contributed by atoms with Crippen molar-refractivity contribution in [3.8, 4) is 5.75 Å². The molecule has 0 saturated carbocycles. The van der Waals surface area contributed by atoms with E-state index in [1.54, 1.807) is 0 Å². The SMILES string of the molecule is COCc1c(OC)cc([N+](=O)[O-])cc1C(F)(F)F. The van der Waals surface area contributed by atoms with E-state index < -0.39 is 22.4 Å². The molecule has 0 spiro atoms. The van der Waals surface area contributed by atoms with Crippen LogP contribution >= 0.6 is 0 Å². The molecule has 0 fully saturated rings. The molecule has 0 aliphatic rings. The summed E-state index contributed by atoms with van der Waals surface area (Å²) in [5, 5.41) is 10.6. The molecule has 0 aliphatic heterocycles. The summed E-state index contributed by atoms with van der Waals surface area (Å²) in [4.78, 5) is 9.66. The van der Waals surface area contributed by atoms with Gasteiger partial charge in [0.25, 0.3) is 5.69 Å². The Hall–Kier alpha value is -1.83. The van der Waals surface area contributed by atoms with Gasteiger partial charge in [0.05, 0.1) is 30.3 Å². The van der Waals surface area contributed by atoms with Crippen LogP contribution in [0.2, 0.25) is 0 Å². The number of nitrogens with zero attached hydrogens (tertiary/aromatic N) is 1. The first-order valence-corrected chi connectivity index (χ1v) is 4.72. The largest absolute Gasteiger partial charge is 0.496 e. The van der Waals surface area contributed by atoms with Crippen molar-refractivity contribution in [3.63, 3.8) is 0 Å². The number of nitro benzene ring substituents is 1. The Kier molecular flexibility index (Phi) is 4.12. The molecule has 0 atom stereocenters. The highest BCUT2D eigenvalue weighted by Crippen LogP contribution is 2.39. The number of methoxy groups -OCH3 is 2. The van der Waals surface area contributed by atoms with E-state index in [0.717, 1.165) is 13.2 Å². The van der Waals surface area contributed by atoms with Crippen LogP contribution in [-0.2, 0) is 17.5 Å². The van der Waals surface area contributed by atoms with E-state index in [0.29, 0.717) is 6.07 Å². The number of rotatable bonds is 4. The molecule has 0 aromatic heterocycles. The van der Waals surface area contributed by atoms with E-state index in [9.17, 15) is 23.3 Å². The minimum absolute atomic E-state index is 0.224. The van der Waals surface area contributed by atoms with Gasteiger partial charge in [0.2, 0.25) is 0 Å². The molecule has 5 nitrogen and oxygen atoms in total. The lowest BCUT2D eigenvalue weighted by molar-refractivity contribution is -0.385. The lowest BCUT2D eigenvalue weighted by Gasteiger charge is -2.15. The summed E-state index contributed by atoms with van der Waals surface area (Å²) in [5.74, 6) is -0.224. The van der Waals surface area contributed by atoms with Crippen LogP contribution in [0.3, 0.4) is 0 Å². The molecule has 1 rings (SSSR count). The Morgan fingerprint density at radius 1 is 1.33 bits per heavy atom. The zero-order valence-corrected chi connectivity index (χ0v) is 9.58. The number of hydrogen-bond donors (Lipinski definition) is 0. The predicted molar refractivity (Wildman–Crippen MR) is 55.4 cm³/mol. The summed E-state index contributed by atoms with van der Waals surface area (Å²) in [6.07, 6.45) is -4.72. The third kappa shape index (κ3) is 2.89. The molecule has 0 heterocycles. The molecule has 0 radical (unpaired) electrons. The third-order valence-corrected chi connectivity index (χ3v) is 2.22. The number of hydrogen-bond acceptors (Lipinski definition) is 4. The van der Waals surface area contributed by atoms with Gasteiger partial charge in [-0.2, -0.15) is 13.2 Å². The summed E-state index contributed by atoms with van der Waals surface area (Å²) in [5.41, 5.74) is -2.08. The fraction of sp³-hybridized carbons (Fsp3) is 0.400. The van der Waals surface area contributed by atoms with Gasteiger partial charge in [0.1, 0.15) is 5.75 Å². The second kappa shape index (κ2) is 5.21. The van der Waals surface area contributed by atoms with Gasteiger partial charge in [0, 0.05) is 18.7 Å². The van der Waals surface area contributed by atoms with Crippen molar-refractivity contribution in [2.24, 2.45) is 0 Å². The molecule has 0 saturated heterocycles. The van der Waals surface area contributed by atoms with Crippen LogP contribution in [0.25, 0.3) is 0 Å². The number of halogens is 3. The highest BCUT2D eigenvalue weighted by molar-refractivity contribution is 5.50. The van der Waals surface area contributed by atoms with Gasteiger partial charge in [-0.1, -0.05) is 0 Å². The summed E-state index contributed by atoms with van der Waals surface area (Å²) < 4.78 is 47.8. The Morgan fingerprint density at radius 2 is 1.94 bits per heavy atom. The zero-order chi connectivity index (χ0) is 13.9. The van der Waals surface area contributed by atoms with Crippen LogP contribution in [0.5, 0.6) is 5.75 Å². The average Bonchev–Trinajstić information content (AvgIpc) is 2.27. The monoisotopic (exact) mass is 265 g/mol. The normalized spacial score (nSPS) is 11.4. The standard InChI is InChI=1S/C10H10F3NO4/c1-17-5-7-8(10(11,12)13)3-6(14(15)16)4-9(7)18-2/h3-4H,5H2,1-2H3. The van der Waals surface area contributed by atoms with Crippen LogP contribution < -0.4 is 4.74 Å². The summed E-state index contributed by atoms with van der Waals surface area (Å²) in [6, 6.07) is 1.40. The molecule has 0 amide bonds. The molecular weight excluding hydrogens is 255 g/mol. The van der Waals surface area contributed by atoms with Crippen LogP contribution in [0.1, 0.15) is 11.1 Å². The summed E-state index contributed by atoms with van der Waals surface area (Å²) >= 11 is 0. The van der Waals surface area contributed by atoms with Gasteiger partial charge in [-0.15, -0.1) is 0 Å². The van der Waals surface area contributed by atoms with Crippen molar-refractivity contribution in [3.05, 3.63) is 33.4 Å². The molecule has 0 N–H and O–H groups in total. The lowest BCUT2D eigenvalue weighted by atomic mass is 10.1. The minimum atomic E-state index is -4.72. The van der Waals surface area contributed by atoms with Crippen LogP contribution in [-0.4, -0.2) is 19.1 Å². The van der Waals surface area contributed by atoms with Crippen LogP contribution in [0, 0.1) is 10.1 Å². The summed E-state index contributed by atoms with van der Waals surface area (Å²) in [6.45, 7) is -0.351. The van der Waals surface area contributed by atoms with Crippen molar-refractivity contribution in [1.29, 1.82) is 0 Å². The molecule has 1 aromatic rings. The lowest BCUT2D eigenvalue weighted by Crippen LogP contribution is -2.12. The van der Waals surface area contributed by atoms with Crippen LogP contribution in [0.4, 0.5) is 18.9 Å². The number of ether oxygens (including phenoxy) is 2. The zero-order valence-electron chi connectivity index (χ0n) is 9.58. The quantitative estimate of drug-likeness (QED) is 0.620. The number of non-ortho nitro benzene ring substituents is 1. The first-order valence-electron chi connectivity index (χ1n) is 4.72. The van der Waals surface area contributed by atoms with Gasteiger partial charge in [-0.25, -0.2) is 0 Å². The van der Waals surface area contributed by atoms with Crippen LogP contribution in [0.15, 0.2) is 12.1 Å². The van der Waals surface area contributed by atoms with E-state index in [2.05, 4.69) is 4.74 Å². The Bertz CT molecular complexity index is 459. The highest BCUT2D eigenvalue weighted by Gasteiger charge is 2.36. The van der Waals surface area contributed by atoms with E-state index in [1.165, 1.54) is 7.11 Å². The van der Waals surface area contributed by atoms with E-state index in [4.69, 9.17) is 4.74 Å². The van der Waals surface area contributed by atoms with Gasteiger partial charge in [0.15, 0.2) is 0 Å². The Balaban J connectivity index is 3.51. The summed E-state index contributed by atoms with van der Waals surface area (Å²) in [7, 11) is 2.36. The van der Waals surface area contributed by atoms with Gasteiger partial charge in [-0.3, -0.25) is 10.1 Å². The first-order chi connectivity index (χ1) is 8.31. The third-order valence-electron chi connectivity index (χ3n) is 2.22. The second-order valence-corrected chi connectivity index (χ2v) is 3.36. The smallest absolute Gasteiger partial charge is 0.417 e. The Labute approximate surface area is 100 Å². The van der Waals surface area contributed by atoms with Crippen molar-refractivity contribution >= 4 is 5.69 Å². The molecule has 100 valence electrons. The molecular formula is C10H10F3NO4. The molecule has 18 heavy (non-hydrogen) atoms. The molecule has 1 aromatic carbocycles. The maximum atomic E-state index is 12.8. The number of benzene rings is 1. The fourth-order valence-electron chi connectivity index (χ4n) is 1.46. The number of nitro groups is 1. The van der Waals surface area contributed by atoms with E-state index in [1.807, 2.05) is 0 Å². The molecule has 8 heteroatoms.